The molecule has 1 N–H and O–H groups in total. The zero-order valence-corrected chi connectivity index (χ0v) is 10.9. The Balaban J connectivity index is 1.94. The van der Waals surface area contributed by atoms with Crippen LogP contribution in [0.2, 0.25) is 0 Å². The van der Waals surface area contributed by atoms with Crippen molar-refractivity contribution in [1.29, 1.82) is 0 Å². The molecule has 0 aromatic carbocycles. The van der Waals surface area contributed by atoms with Gasteiger partial charge in [0.05, 0.1) is 11.7 Å². The lowest BCUT2D eigenvalue weighted by Gasteiger charge is -2.39. The summed E-state index contributed by atoms with van der Waals surface area (Å²) in [5.74, 6) is 2.67. The van der Waals surface area contributed by atoms with Gasteiger partial charge in [0.15, 0.2) is 0 Å². The summed E-state index contributed by atoms with van der Waals surface area (Å²) < 4.78 is 5.88. The second-order valence-electron chi connectivity index (χ2n) is 5.64. The Labute approximate surface area is 100 Å². The summed E-state index contributed by atoms with van der Waals surface area (Å²) in [5.41, 5.74) is 0.00241. The summed E-state index contributed by atoms with van der Waals surface area (Å²) in [5, 5.41) is 3.55. The molecule has 0 radical (unpaired) electrons. The van der Waals surface area contributed by atoms with Crippen LogP contribution in [-0.2, 0) is 4.74 Å². The van der Waals surface area contributed by atoms with E-state index in [9.17, 15) is 0 Å². The molecule has 0 spiro atoms. The van der Waals surface area contributed by atoms with Crippen molar-refractivity contribution in [2.45, 2.75) is 70.6 Å². The van der Waals surface area contributed by atoms with Crippen molar-refractivity contribution in [3.05, 3.63) is 0 Å². The molecule has 0 aromatic rings. The third-order valence-corrected chi connectivity index (χ3v) is 2.80. The maximum absolute atomic E-state index is 5.88. The maximum Gasteiger partial charge on any atom is 0.0612 e. The summed E-state index contributed by atoms with van der Waals surface area (Å²) in [6.07, 6.45) is 11.2. The third-order valence-electron chi connectivity index (χ3n) is 2.80. The first-order valence-corrected chi connectivity index (χ1v) is 6.36. The molecule has 92 valence electrons. The predicted octanol–water partition coefficient (Wildman–Crippen LogP) is 2.73. The van der Waals surface area contributed by atoms with Crippen molar-refractivity contribution in [3.63, 3.8) is 0 Å². The fraction of sp³-hybridized carbons (Fsp3) is 0.857. The van der Waals surface area contributed by atoms with Crippen LogP contribution < -0.4 is 5.32 Å². The van der Waals surface area contributed by atoms with Crippen LogP contribution in [0.4, 0.5) is 0 Å². The van der Waals surface area contributed by atoms with E-state index in [4.69, 9.17) is 11.2 Å². The van der Waals surface area contributed by atoms with Crippen molar-refractivity contribution < 1.29 is 4.74 Å². The van der Waals surface area contributed by atoms with E-state index >= 15 is 0 Å². The molecule has 1 aliphatic carbocycles. The molecule has 1 rings (SSSR count). The molecule has 0 bridgehead atoms. The normalized spacial score (nSPS) is 24.9. The molecule has 0 amide bonds. The zero-order valence-electron chi connectivity index (χ0n) is 10.9. The number of unbranched alkanes of at least 4 members (excludes halogenated alkanes) is 2. The quantitative estimate of drug-likeness (QED) is 0.552. The van der Waals surface area contributed by atoms with Gasteiger partial charge in [0.25, 0.3) is 0 Å². The minimum Gasteiger partial charge on any atom is -0.373 e. The summed E-state index contributed by atoms with van der Waals surface area (Å²) in [4.78, 5) is 0. The monoisotopic (exact) mass is 223 g/mol. The Morgan fingerprint density at radius 2 is 2.00 bits per heavy atom. The largest absolute Gasteiger partial charge is 0.373 e. The lowest BCUT2D eigenvalue weighted by Crippen LogP contribution is -2.48. The fourth-order valence-corrected chi connectivity index (χ4v) is 1.99. The average Bonchev–Trinajstić information content (AvgIpc) is 2.11. The lowest BCUT2D eigenvalue weighted by atomic mass is 9.88. The Hall–Kier alpha value is -0.520. The second-order valence-corrected chi connectivity index (χ2v) is 5.64. The van der Waals surface area contributed by atoms with Crippen LogP contribution in [-0.4, -0.2) is 24.3 Å². The molecule has 2 heteroatoms. The molecule has 0 heterocycles. The summed E-state index contributed by atoms with van der Waals surface area (Å²) >= 11 is 0. The van der Waals surface area contributed by atoms with E-state index in [-0.39, 0.29) is 5.60 Å². The molecule has 2 nitrogen and oxygen atoms in total. The van der Waals surface area contributed by atoms with Gasteiger partial charge in [-0.25, -0.2) is 0 Å². The number of terminal acetylenes is 1. The van der Waals surface area contributed by atoms with Gasteiger partial charge in [-0.15, -0.1) is 12.3 Å². The van der Waals surface area contributed by atoms with Gasteiger partial charge >= 0.3 is 0 Å². The van der Waals surface area contributed by atoms with Gasteiger partial charge in [0, 0.05) is 12.5 Å². The molecule has 16 heavy (non-hydrogen) atoms. The first-order chi connectivity index (χ1) is 7.51. The van der Waals surface area contributed by atoms with Crippen LogP contribution >= 0.6 is 0 Å². The highest BCUT2D eigenvalue weighted by atomic mass is 16.5. The van der Waals surface area contributed by atoms with E-state index < -0.39 is 0 Å². The molecule has 0 aromatic heterocycles. The van der Waals surface area contributed by atoms with Crippen LogP contribution in [0.15, 0.2) is 0 Å². The van der Waals surface area contributed by atoms with E-state index in [0.29, 0.717) is 12.1 Å². The second kappa shape index (κ2) is 6.27. The highest BCUT2D eigenvalue weighted by Gasteiger charge is 2.32. The number of hydrogen-bond donors (Lipinski definition) is 1. The Morgan fingerprint density at radius 3 is 2.56 bits per heavy atom. The van der Waals surface area contributed by atoms with Crippen molar-refractivity contribution in [1.82, 2.24) is 5.32 Å². The van der Waals surface area contributed by atoms with Crippen LogP contribution in [0.5, 0.6) is 0 Å². The average molecular weight is 223 g/mol. The van der Waals surface area contributed by atoms with Crippen LogP contribution in [0.1, 0.15) is 52.9 Å². The Bertz CT molecular complexity index is 230. The summed E-state index contributed by atoms with van der Waals surface area (Å²) in [6, 6.07) is 0.665. The molecule has 1 saturated carbocycles. The van der Waals surface area contributed by atoms with Crippen molar-refractivity contribution >= 4 is 0 Å². The number of ether oxygens (including phenoxy) is 1. The first kappa shape index (κ1) is 13.5. The third kappa shape index (κ3) is 5.53. The molecule has 1 fully saturated rings. The molecular formula is C14H25NO. The molecule has 1 aliphatic rings. The Morgan fingerprint density at radius 1 is 1.31 bits per heavy atom. The fourth-order valence-electron chi connectivity index (χ4n) is 1.99. The zero-order chi connectivity index (χ0) is 12.0. The van der Waals surface area contributed by atoms with E-state index in [2.05, 4.69) is 32.0 Å². The van der Waals surface area contributed by atoms with Gasteiger partial charge in [-0.2, -0.15) is 0 Å². The molecule has 0 atom stereocenters. The van der Waals surface area contributed by atoms with E-state index in [0.717, 1.165) is 32.2 Å². The van der Waals surface area contributed by atoms with Gasteiger partial charge < -0.3 is 10.1 Å². The predicted molar refractivity (Wildman–Crippen MR) is 68.3 cm³/mol. The number of nitrogens with one attached hydrogen (secondary N) is 1. The van der Waals surface area contributed by atoms with Crippen molar-refractivity contribution in [2.75, 3.05) is 6.54 Å². The lowest BCUT2D eigenvalue weighted by molar-refractivity contribution is -0.102. The van der Waals surface area contributed by atoms with Gasteiger partial charge in [-0.1, -0.05) is 0 Å². The van der Waals surface area contributed by atoms with Crippen LogP contribution in [0, 0.1) is 12.3 Å². The summed E-state index contributed by atoms with van der Waals surface area (Å²) in [7, 11) is 0. The minimum atomic E-state index is 0.00241. The van der Waals surface area contributed by atoms with Crippen LogP contribution in [0.3, 0.4) is 0 Å². The van der Waals surface area contributed by atoms with Gasteiger partial charge in [0.2, 0.25) is 0 Å². The van der Waals surface area contributed by atoms with Crippen molar-refractivity contribution in [3.8, 4) is 12.3 Å². The standard InChI is InChI=1S/C14H25NO/c1-5-6-7-8-9-15-12-10-13(11-12)16-14(2,3)4/h1,12-13,15H,6-11H2,2-4H3. The van der Waals surface area contributed by atoms with Gasteiger partial charge in [-0.3, -0.25) is 0 Å². The number of rotatable bonds is 6. The van der Waals surface area contributed by atoms with E-state index in [1.807, 2.05) is 0 Å². The van der Waals surface area contributed by atoms with Crippen LogP contribution in [0.25, 0.3) is 0 Å². The maximum atomic E-state index is 5.88. The molecular weight excluding hydrogens is 198 g/mol. The summed E-state index contributed by atoms with van der Waals surface area (Å²) in [6.45, 7) is 7.45. The first-order valence-electron chi connectivity index (χ1n) is 6.36. The smallest absolute Gasteiger partial charge is 0.0612 e. The topological polar surface area (TPSA) is 21.3 Å². The van der Waals surface area contributed by atoms with E-state index in [1.165, 1.54) is 6.42 Å². The highest BCUT2D eigenvalue weighted by Crippen LogP contribution is 2.27. The number of hydrogen-bond acceptors (Lipinski definition) is 2. The molecule has 0 aliphatic heterocycles. The van der Waals surface area contributed by atoms with Gasteiger partial charge in [0.1, 0.15) is 0 Å². The van der Waals surface area contributed by atoms with E-state index in [1.54, 1.807) is 0 Å². The SMILES string of the molecule is C#CCCCCNC1CC(OC(C)(C)C)C1. The highest BCUT2D eigenvalue weighted by molar-refractivity contribution is 4.88. The van der Waals surface area contributed by atoms with Gasteiger partial charge in [-0.05, 0) is 53.0 Å². The molecule has 0 saturated heterocycles. The van der Waals surface area contributed by atoms with Crippen molar-refractivity contribution in [2.24, 2.45) is 0 Å². The molecule has 0 unspecified atom stereocenters. The minimum absolute atomic E-state index is 0.00241. The Kier molecular flexibility index (Phi) is 5.31.